The number of nitro groups is 1. The predicted octanol–water partition coefficient (Wildman–Crippen LogP) is 4.24. The lowest BCUT2D eigenvalue weighted by atomic mass is 10.2. The topological polar surface area (TPSA) is 107 Å². The largest absolute Gasteiger partial charge is 0.493 e. The second-order valence-electron chi connectivity index (χ2n) is 5.60. The molecule has 3 rings (SSSR count). The molecule has 8 nitrogen and oxygen atoms in total. The average Bonchev–Trinajstić information content (AvgIpc) is 2.68. The number of hydrogen-bond acceptors (Lipinski definition) is 6. The van der Waals surface area contributed by atoms with Gasteiger partial charge in [-0.15, -0.1) is 0 Å². The van der Waals surface area contributed by atoms with Crippen LogP contribution in [0.4, 0.5) is 5.69 Å². The molecule has 0 saturated carbocycles. The molecule has 0 aliphatic carbocycles. The van der Waals surface area contributed by atoms with Crippen LogP contribution >= 0.6 is 23.2 Å². The van der Waals surface area contributed by atoms with E-state index in [0.717, 1.165) is 0 Å². The van der Waals surface area contributed by atoms with Gasteiger partial charge in [-0.05, 0) is 23.8 Å². The maximum absolute atomic E-state index is 12.4. The summed E-state index contributed by atoms with van der Waals surface area (Å²) in [5.41, 5.74) is 0.104. The highest BCUT2D eigenvalue weighted by Crippen LogP contribution is 2.31. The quantitative estimate of drug-likeness (QED) is 0.487. The molecule has 0 aliphatic heterocycles. The molecule has 0 bridgehead atoms. The molecule has 1 heterocycles. The number of ether oxygens (including phenoxy) is 2. The number of halogens is 2. The SMILES string of the molecule is COc1cc2nc(/C(Cl)=C/c3ccc(Cl)c([N+](=O)[O-])c3)[nH]c(=O)c2cc1OC. The van der Waals surface area contributed by atoms with E-state index in [1.54, 1.807) is 12.1 Å². The highest BCUT2D eigenvalue weighted by molar-refractivity contribution is 6.50. The molecule has 0 saturated heterocycles. The highest BCUT2D eigenvalue weighted by atomic mass is 35.5. The van der Waals surface area contributed by atoms with E-state index < -0.39 is 10.5 Å². The molecule has 144 valence electrons. The Morgan fingerprint density at radius 3 is 2.54 bits per heavy atom. The number of rotatable bonds is 5. The fraction of sp³-hybridized carbons (Fsp3) is 0.111. The molecule has 0 fully saturated rings. The van der Waals surface area contributed by atoms with Crippen LogP contribution in [-0.4, -0.2) is 29.1 Å². The molecule has 1 aromatic heterocycles. The van der Waals surface area contributed by atoms with Crippen molar-refractivity contribution in [2.45, 2.75) is 0 Å². The van der Waals surface area contributed by atoms with Crippen LogP contribution in [0.3, 0.4) is 0 Å². The molecule has 0 amide bonds. The standard InChI is InChI=1S/C18H13Cl2N3O5/c1-27-15-7-10-13(8-16(15)28-2)21-17(22-18(10)24)12(20)5-9-3-4-11(19)14(6-9)23(25)26/h3-8H,1-2H3,(H,21,22,24)/b12-5-. The average molecular weight is 422 g/mol. The zero-order valence-electron chi connectivity index (χ0n) is 14.7. The van der Waals surface area contributed by atoms with E-state index in [9.17, 15) is 14.9 Å². The van der Waals surface area contributed by atoms with Crippen LogP contribution in [0.1, 0.15) is 11.4 Å². The van der Waals surface area contributed by atoms with E-state index in [2.05, 4.69) is 9.97 Å². The van der Waals surface area contributed by atoms with Gasteiger partial charge in [-0.3, -0.25) is 14.9 Å². The van der Waals surface area contributed by atoms with E-state index in [0.29, 0.717) is 28.0 Å². The van der Waals surface area contributed by atoms with E-state index in [-0.39, 0.29) is 21.6 Å². The van der Waals surface area contributed by atoms with Crippen LogP contribution < -0.4 is 15.0 Å². The van der Waals surface area contributed by atoms with Crippen LogP contribution in [0, 0.1) is 10.1 Å². The van der Waals surface area contributed by atoms with Crippen molar-refractivity contribution in [1.29, 1.82) is 0 Å². The van der Waals surface area contributed by atoms with Crippen molar-refractivity contribution in [3.05, 3.63) is 67.2 Å². The van der Waals surface area contributed by atoms with Gasteiger partial charge >= 0.3 is 0 Å². The molecule has 2 aromatic carbocycles. The van der Waals surface area contributed by atoms with Gasteiger partial charge in [-0.1, -0.05) is 29.3 Å². The first-order chi connectivity index (χ1) is 13.3. The molecule has 0 atom stereocenters. The van der Waals surface area contributed by atoms with Gasteiger partial charge in [0.25, 0.3) is 11.2 Å². The summed E-state index contributed by atoms with van der Waals surface area (Å²) >= 11 is 12.1. The second-order valence-corrected chi connectivity index (χ2v) is 6.41. The number of nitrogens with zero attached hydrogens (tertiary/aromatic N) is 2. The lowest BCUT2D eigenvalue weighted by molar-refractivity contribution is -0.384. The Balaban J connectivity index is 2.10. The molecular weight excluding hydrogens is 409 g/mol. The zero-order valence-corrected chi connectivity index (χ0v) is 16.2. The second kappa shape index (κ2) is 7.87. The summed E-state index contributed by atoms with van der Waals surface area (Å²) in [6.45, 7) is 0. The van der Waals surface area contributed by atoms with E-state index in [1.165, 1.54) is 38.5 Å². The highest BCUT2D eigenvalue weighted by Gasteiger charge is 2.14. The van der Waals surface area contributed by atoms with E-state index in [4.69, 9.17) is 32.7 Å². The minimum atomic E-state index is -0.594. The van der Waals surface area contributed by atoms with Crippen LogP contribution in [0.5, 0.6) is 11.5 Å². The van der Waals surface area contributed by atoms with Gasteiger partial charge in [0.1, 0.15) is 5.02 Å². The molecule has 10 heteroatoms. The number of aromatic nitrogens is 2. The first-order valence-electron chi connectivity index (χ1n) is 7.81. The first kappa shape index (κ1) is 19.7. The maximum Gasteiger partial charge on any atom is 0.288 e. The van der Waals surface area contributed by atoms with Crippen molar-refractivity contribution in [3.8, 4) is 11.5 Å². The number of H-pyrrole nitrogens is 1. The summed E-state index contributed by atoms with van der Waals surface area (Å²) in [5.74, 6) is 0.904. The normalized spacial score (nSPS) is 11.5. The number of nitro benzene ring substituents is 1. The predicted molar refractivity (Wildman–Crippen MR) is 107 cm³/mol. The van der Waals surface area contributed by atoms with Crippen molar-refractivity contribution in [1.82, 2.24) is 9.97 Å². The van der Waals surface area contributed by atoms with Gasteiger partial charge in [0.05, 0.1) is 35.1 Å². The number of hydrogen-bond donors (Lipinski definition) is 1. The number of aromatic amines is 1. The fourth-order valence-electron chi connectivity index (χ4n) is 2.55. The number of nitrogens with one attached hydrogen (secondary N) is 1. The Bertz CT molecular complexity index is 1170. The van der Waals surface area contributed by atoms with E-state index in [1.807, 2.05) is 0 Å². The molecule has 0 radical (unpaired) electrons. The third kappa shape index (κ3) is 3.78. The fourth-order valence-corrected chi connectivity index (χ4v) is 2.96. The summed E-state index contributed by atoms with van der Waals surface area (Å²) in [6.07, 6.45) is 1.44. The minimum Gasteiger partial charge on any atom is -0.493 e. The number of fused-ring (bicyclic) bond motifs is 1. The Labute approximate surface area is 168 Å². The van der Waals surface area contributed by atoms with Gasteiger partial charge in [0.2, 0.25) is 0 Å². The number of methoxy groups -OCH3 is 2. The van der Waals surface area contributed by atoms with Crippen molar-refractivity contribution in [3.63, 3.8) is 0 Å². The van der Waals surface area contributed by atoms with Crippen molar-refractivity contribution in [2.24, 2.45) is 0 Å². The third-order valence-corrected chi connectivity index (χ3v) is 4.50. The Hall–Kier alpha value is -3.10. The van der Waals surface area contributed by atoms with Gasteiger partial charge in [0.15, 0.2) is 17.3 Å². The molecule has 0 spiro atoms. The molecule has 0 aliphatic rings. The molecule has 0 unspecified atom stereocenters. The van der Waals surface area contributed by atoms with E-state index >= 15 is 0 Å². The van der Waals surface area contributed by atoms with Crippen molar-refractivity contribution >= 4 is 50.9 Å². The lowest BCUT2D eigenvalue weighted by Gasteiger charge is -2.09. The molecule has 1 N–H and O–H groups in total. The monoisotopic (exact) mass is 421 g/mol. The maximum atomic E-state index is 12.4. The Morgan fingerprint density at radius 2 is 1.89 bits per heavy atom. The van der Waals surface area contributed by atoms with Gasteiger partial charge in [0, 0.05) is 12.1 Å². The van der Waals surface area contributed by atoms with Gasteiger partial charge in [-0.2, -0.15) is 0 Å². The van der Waals surface area contributed by atoms with Gasteiger partial charge in [-0.25, -0.2) is 4.98 Å². The van der Waals surface area contributed by atoms with Crippen LogP contribution in [0.25, 0.3) is 22.0 Å². The summed E-state index contributed by atoms with van der Waals surface area (Å²) < 4.78 is 10.4. The summed E-state index contributed by atoms with van der Waals surface area (Å²) in [5, 5.41) is 11.4. The zero-order chi connectivity index (χ0) is 20.4. The smallest absolute Gasteiger partial charge is 0.288 e. The number of benzene rings is 2. The van der Waals surface area contributed by atoms with Gasteiger partial charge < -0.3 is 14.5 Å². The van der Waals surface area contributed by atoms with Crippen molar-refractivity contribution in [2.75, 3.05) is 14.2 Å². The first-order valence-corrected chi connectivity index (χ1v) is 8.57. The third-order valence-electron chi connectivity index (χ3n) is 3.90. The summed E-state index contributed by atoms with van der Waals surface area (Å²) in [7, 11) is 2.93. The Kier molecular flexibility index (Phi) is 5.53. The Morgan fingerprint density at radius 1 is 1.21 bits per heavy atom. The minimum absolute atomic E-state index is 0.0107. The summed E-state index contributed by atoms with van der Waals surface area (Å²) in [6, 6.07) is 7.31. The van der Waals surface area contributed by atoms with Crippen molar-refractivity contribution < 1.29 is 14.4 Å². The molecule has 28 heavy (non-hydrogen) atoms. The van der Waals surface area contributed by atoms with Crippen LogP contribution in [-0.2, 0) is 0 Å². The molecular formula is C18H13Cl2N3O5. The molecule has 3 aromatic rings. The lowest BCUT2D eigenvalue weighted by Crippen LogP contribution is -2.11. The van der Waals surface area contributed by atoms with Crippen LogP contribution in [0.2, 0.25) is 5.02 Å². The summed E-state index contributed by atoms with van der Waals surface area (Å²) in [4.78, 5) is 29.8. The van der Waals surface area contributed by atoms with Crippen LogP contribution in [0.15, 0.2) is 35.1 Å².